The lowest BCUT2D eigenvalue weighted by Gasteiger charge is -2.12. The molecule has 146 valence electrons. The highest BCUT2D eigenvalue weighted by atomic mass is 35.5. The third-order valence-corrected chi connectivity index (χ3v) is 4.45. The maximum atomic E-state index is 5.91. The third kappa shape index (κ3) is 4.50. The van der Waals surface area contributed by atoms with Gasteiger partial charge in [-0.25, -0.2) is 4.98 Å². The van der Waals surface area contributed by atoms with Gasteiger partial charge in [0.15, 0.2) is 0 Å². The number of halogens is 1. The van der Waals surface area contributed by atoms with Gasteiger partial charge in [0, 0.05) is 29.0 Å². The van der Waals surface area contributed by atoms with Gasteiger partial charge in [-0.1, -0.05) is 17.7 Å². The van der Waals surface area contributed by atoms with E-state index in [2.05, 4.69) is 20.3 Å². The van der Waals surface area contributed by atoms with Crippen molar-refractivity contribution in [1.29, 1.82) is 0 Å². The minimum Gasteiger partial charge on any atom is -0.496 e. The molecule has 4 aromatic rings. The van der Waals surface area contributed by atoms with Gasteiger partial charge in [-0.15, -0.1) is 0 Å². The topological polar surface area (TPSA) is 72.1 Å². The number of pyridine rings is 1. The van der Waals surface area contributed by atoms with E-state index in [1.807, 2.05) is 43.5 Å². The number of hydrogen-bond donors (Lipinski definition) is 2. The number of nitrogens with one attached hydrogen (secondary N) is 2. The predicted molar refractivity (Wildman–Crippen MR) is 114 cm³/mol. The van der Waals surface area contributed by atoms with E-state index in [0.29, 0.717) is 28.2 Å². The van der Waals surface area contributed by atoms with Crippen molar-refractivity contribution < 1.29 is 9.47 Å². The molecular formula is C22H19ClN4O2. The zero-order valence-corrected chi connectivity index (χ0v) is 16.7. The Morgan fingerprint density at radius 3 is 2.55 bits per heavy atom. The molecule has 0 aliphatic heterocycles. The van der Waals surface area contributed by atoms with Crippen LogP contribution in [0.4, 0.5) is 11.5 Å². The largest absolute Gasteiger partial charge is 0.496 e. The van der Waals surface area contributed by atoms with E-state index in [0.717, 1.165) is 22.8 Å². The first-order valence-electron chi connectivity index (χ1n) is 8.98. The molecule has 0 atom stereocenters. The summed E-state index contributed by atoms with van der Waals surface area (Å²) < 4.78 is 11.3. The monoisotopic (exact) mass is 406 g/mol. The predicted octanol–water partition coefficient (Wildman–Crippen LogP) is 5.98. The van der Waals surface area contributed by atoms with E-state index >= 15 is 0 Å². The van der Waals surface area contributed by atoms with Crippen molar-refractivity contribution >= 4 is 23.1 Å². The highest BCUT2D eigenvalue weighted by Gasteiger charge is 2.10. The van der Waals surface area contributed by atoms with Crippen LogP contribution in [-0.2, 0) is 0 Å². The highest BCUT2D eigenvalue weighted by molar-refractivity contribution is 6.30. The van der Waals surface area contributed by atoms with Gasteiger partial charge in [-0.2, -0.15) is 4.98 Å². The molecule has 2 aromatic carbocycles. The zero-order chi connectivity index (χ0) is 20.2. The number of aromatic amines is 1. The van der Waals surface area contributed by atoms with Crippen LogP contribution in [0.5, 0.6) is 17.4 Å². The zero-order valence-electron chi connectivity index (χ0n) is 15.9. The normalized spacial score (nSPS) is 10.6. The summed E-state index contributed by atoms with van der Waals surface area (Å²) in [6.07, 6.45) is 1.86. The lowest BCUT2D eigenvalue weighted by Crippen LogP contribution is -1.97. The Morgan fingerprint density at radius 1 is 1.00 bits per heavy atom. The van der Waals surface area contributed by atoms with Crippen LogP contribution >= 0.6 is 11.6 Å². The van der Waals surface area contributed by atoms with Crippen LogP contribution in [0.1, 0.15) is 5.69 Å². The Labute approximate surface area is 173 Å². The van der Waals surface area contributed by atoms with Gasteiger partial charge < -0.3 is 19.8 Å². The summed E-state index contributed by atoms with van der Waals surface area (Å²) in [5.41, 5.74) is 2.65. The third-order valence-electron chi connectivity index (χ3n) is 4.19. The van der Waals surface area contributed by atoms with Crippen molar-refractivity contribution in [3.63, 3.8) is 0 Å². The van der Waals surface area contributed by atoms with Crippen LogP contribution in [0.2, 0.25) is 5.02 Å². The smallest absolute Gasteiger partial charge is 0.221 e. The van der Waals surface area contributed by atoms with Gasteiger partial charge in [0.1, 0.15) is 23.1 Å². The highest BCUT2D eigenvalue weighted by Crippen LogP contribution is 2.32. The van der Waals surface area contributed by atoms with E-state index in [-0.39, 0.29) is 0 Å². The quantitative estimate of drug-likeness (QED) is 0.412. The first-order valence-corrected chi connectivity index (χ1v) is 9.36. The second-order valence-corrected chi connectivity index (χ2v) is 6.78. The van der Waals surface area contributed by atoms with Gasteiger partial charge in [0.05, 0.1) is 18.4 Å². The molecule has 0 aliphatic rings. The minimum atomic E-state index is 0.479. The molecule has 0 amide bonds. The molecule has 4 rings (SSSR count). The Balaban J connectivity index is 1.53. The molecular weight excluding hydrogens is 388 g/mol. The average Bonchev–Trinajstić information content (AvgIpc) is 3.16. The molecule has 0 bridgehead atoms. The molecule has 0 radical (unpaired) electrons. The van der Waals surface area contributed by atoms with Crippen LogP contribution in [0, 0.1) is 6.92 Å². The van der Waals surface area contributed by atoms with Crippen LogP contribution in [0.25, 0.3) is 11.4 Å². The summed E-state index contributed by atoms with van der Waals surface area (Å²) in [7, 11) is 1.64. The summed E-state index contributed by atoms with van der Waals surface area (Å²) >= 11 is 5.91. The van der Waals surface area contributed by atoms with Crippen molar-refractivity contribution in [1.82, 2.24) is 15.0 Å². The fraction of sp³-hybridized carbons (Fsp3) is 0.0909. The molecule has 0 unspecified atom stereocenters. The summed E-state index contributed by atoms with van der Waals surface area (Å²) in [5.74, 6) is 3.27. The number of benzene rings is 2. The van der Waals surface area contributed by atoms with Gasteiger partial charge in [0.25, 0.3) is 0 Å². The molecule has 7 heteroatoms. The minimum absolute atomic E-state index is 0.479. The SMILES string of the molecule is COc1cc(Nc2cccc(Oc3ccc(Cl)cc3)n2)ccc1-c1nc(C)c[nH]1. The molecule has 0 saturated carbocycles. The van der Waals surface area contributed by atoms with Crippen molar-refractivity contribution in [3.05, 3.63) is 77.6 Å². The van der Waals surface area contributed by atoms with E-state index in [9.17, 15) is 0 Å². The molecule has 0 fully saturated rings. The number of ether oxygens (including phenoxy) is 2. The number of methoxy groups -OCH3 is 1. The Kier molecular flexibility index (Phi) is 5.35. The fourth-order valence-corrected chi connectivity index (χ4v) is 2.95. The van der Waals surface area contributed by atoms with Crippen LogP contribution in [0.15, 0.2) is 66.9 Å². The summed E-state index contributed by atoms with van der Waals surface area (Å²) in [5, 5.41) is 3.93. The van der Waals surface area contributed by atoms with Crippen LogP contribution < -0.4 is 14.8 Å². The van der Waals surface area contributed by atoms with Gasteiger partial charge in [-0.05, 0) is 49.4 Å². The first kappa shape index (κ1) is 18.8. The number of H-pyrrole nitrogens is 1. The van der Waals surface area contributed by atoms with Crippen molar-refractivity contribution in [2.45, 2.75) is 6.92 Å². The molecule has 29 heavy (non-hydrogen) atoms. The Morgan fingerprint density at radius 2 is 1.83 bits per heavy atom. The van der Waals surface area contributed by atoms with Crippen molar-refractivity contribution in [3.8, 4) is 28.8 Å². The van der Waals surface area contributed by atoms with Crippen LogP contribution in [-0.4, -0.2) is 22.1 Å². The fourth-order valence-electron chi connectivity index (χ4n) is 2.83. The lowest BCUT2D eigenvalue weighted by molar-refractivity contribution is 0.416. The van der Waals surface area contributed by atoms with Crippen molar-refractivity contribution in [2.75, 3.05) is 12.4 Å². The maximum absolute atomic E-state index is 5.91. The lowest BCUT2D eigenvalue weighted by atomic mass is 10.1. The number of anilines is 2. The number of nitrogens with zero attached hydrogens (tertiary/aromatic N) is 2. The number of hydrogen-bond acceptors (Lipinski definition) is 5. The molecule has 0 aliphatic carbocycles. The molecule has 0 saturated heterocycles. The van der Waals surface area contributed by atoms with E-state index < -0.39 is 0 Å². The van der Waals surface area contributed by atoms with Gasteiger partial charge >= 0.3 is 0 Å². The average molecular weight is 407 g/mol. The maximum Gasteiger partial charge on any atom is 0.221 e. The second kappa shape index (κ2) is 8.24. The summed E-state index contributed by atoms with van der Waals surface area (Å²) in [4.78, 5) is 12.1. The number of imidazole rings is 1. The van der Waals surface area contributed by atoms with Crippen molar-refractivity contribution in [2.24, 2.45) is 0 Å². The molecule has 6 nitrogen and oxygen atoms in total. The van der Waals surface area contributed by atoms with Crippen LogP contribution in [0.3, 0.4) is 0 Å². The van der Waals surface area contributed by atoms with Gasteiger partial charge in [0.2, 0.25) is 5.88 Å². The molecule has 2 aromatic heterocycles. The van der Waals surface area contributed by atoms with E-state index in [1.165, 1.54) is 0 Å². The first-order chi connectivity index (χ1) is 14.1. The number of aryl methyl sites for hydroxylation is 1. The second-order valence-electron chi connectivity index (χ2n) is 6.35. The van der Waals surface area contributed by atoms with E-state index in [4.69, 9.17) is 21.1 Å². The summed E-state index contributed by atoms with van der Waals surface area (Å²) in [6, 6.07) is 18.5. The number of rotatable bonds is 6. The Bertz CT molecular complexity index is 1130. The standard InChI is InChI=1S/C22H19ClN4O2/c1-14-13-24-22(25-14)18-11-8-16(12-19(18)28-2)26-20-4-3-5-21(27-20)29-17-9-6-15(23)7-10-17/h3-13H,1-2H3,(H,24,25)(H,26,27). The number of aromatic nitrogens is 3. The molecule has 2 N–H and O–H groups in total. The summed E-state index contributed by atoms with van der Waals surface area (Å²) in [6.45, 7) is 1.94. The molecule has 0 spiro atoms. The van der Waals surface area contributed by atoms with E-state index in [1.54, 1.807) is 37.4 Å². The molecule has 2 heterocycles. The van der Waals surface area contributed by atoms with Gasteiger partial charge in [-0.3, -0.25) is 0 Å². The Hall–Kier alpha value is -3.51.